The van der Waals surface area contributed by atoms with Gasteiger partial charge in [-0.25, -0.2) is 4.79 Å². The second kappa shape index (κ2) is 11.1. The van der Waals surface area contributed by atoms with Crippen molar-refractivity contribution < 1.29 is 19.1 Å². The van der Waals surface area contributed by atoms with Crippen molar-refractivity contribution in [1.29, 1.82) is 0 Å². The number of carbonyl (C=O) groups excluding carboxylic acids is 2. The minimum atomic E-state index is -0.369. The van der Waals surface area contributed by atoms with Crippen LogP contribution in [0.4, 0.5) is 5.69 Å². The lowest BCUT2D eigenvalue weighted by molar-refractivity contribution is 0.0466. The van der Waals surface area contributed by atoms with Gasteiger partial charge in [0.05, 0.1) is 17.7 Å². The summed E-state index contributed by atoms with van der Waals surface area (Å²) in [7, 11) is 0. The number of hydrogen-bond acceptors (Lipinski definition) is 5. The van der Waals surface area contributed by atoms with E-state index in [2.05, 4.69) is 24.1 Å². The minimum Gasteiger partial charge on any atom is -0.493 e. The number of nitrogens with zero attached hydrogens (tertiary/aromatic N) is 1. The molecule has 1 amide bonds. The van der Waals surface area contributed by atoms with Crippen molar-refractivity contribution in [3.63, 3.8) is 0 Å². The molecule has 0 bridgehead atoms. The Hall–Kier alpha value is -2.86. The van der Waals surface area contributed by atoms with Gasteiger partial charge in [0.1, 0.15) is 12.4 Å². The van der Waals surface area contributed by atoms with Crippen LogP contribution in [-0.4, -0.2) is 49.6 Å². The van der Waals surface area contributed by atoms with E-state index in [1.165, 1.54) is 0 Å². The molecule has 0 aliphatic rings. The van der Waals surface area contributed by atoms with Crippen LogP contribution in [0.25, 0.3) is 0 Å². The molecule has 6 nitrogen and oxygen atoms in total. The highest BCUT2D eigenvalue weighted by atomic mass is 16.5. The van der Waals surface area contributed by atoms with Gasteiger partial charge in [-0.3, -0.25) is 4.79 Å². The highest BCUT2D eigenvalue weighted by molar-refractivity contribution is 6.06. The fourth-order valence-electron chi connectivity index (χ4n) is 2.71. The van der Waals surface area contributed by atoms with Crippen LogP contribution in [0.15, 0.2) is 48.5 Å². The highest BCUT2D eigenvalue weighted by Crippen LogP contribution is 2.20. The summed E-state index contributed by atoms with van der Waals surface area (Å²) in [5, 5.41) is 2.82. The first-order valence-electron chi connectivity index (χ1n) is 9.61. The van der Waals surface area contributed by atoms with Crippen LogP contribution in [0.2, 0.25) is 0 Å². The third kappa shape index (κ3) is 6.09. The lowest BCUT2D eigenvalue weighted by atomic mass is 10.1. The number of likely N-dealkylation sites (N-methyl/N-ethyl adjacent to an activating group) is 1. The Morgan fingerprint density at radius 1 is 0.964 bits per heavy atom. The van der Waals surface area contributed by atoms with Gasteiger partial charge >= 0.3 is 5.97 Å². The minimum absolute atomic E-state index is 0.265. The second-order valence-corrected chi connectivity index (χ2v) is 6.12. The molecule has 0 unspecified atom stereocenters. The van der Waals surface area contributed by atoms with Crippen molar-refractivity contribution in [3.05, 3.63) is 59.7 Å². The summed E-state index contributed by atoms with van der Waals surface area (Å²) >= 11 is 0. The maximum Gasteiger partial charge on any atom is 0.338 e. The van der Waals surface area contributed by atoms with Crippen molar-refractivity contribution in [3.8, 4) is 5.75 Å². The number of nitrogens with one attached hydrogen (secondary N) is 1. The standard InChI is InChI=1S/C22H28N2O4/c1-4-24(5-2)15-16-28-22(26)17-11-13-18(14-12-17)23-21(25)19-9-7-8-10-20(19)27-6-3/h7-14H,4-6,15-16H2,1-3H3,(H,23,25). The Balaban J connectivity index is 1.93. The van der Waals surface area contributed by atoms with E-state index in [-0.39, 0.29) is 11.9 Å². The van der Waals surface area contributed by atoms with Gasteiger partial charge in [0.15, 0.2) is 0 Å². The number of para-hydroxylation sites is 1. The Bertz CT molecular complexity index is 770. The third-order valence-electron chi connectivity index (χ3n) is 4.35. The number of hydrogen-bond donors (Lipinski definition) is 1. The van der Waals surface area contributed by atoms with Crippen LogP contribution in [0, 0.1) is 0 Å². The van der Waals surface area contributed by atoms with Gasteiger partial charge in [-0.05, 0) is 56.4 Å². The first-order chi connectivity index (χ1) is 13.6. The van der Waals surface area contributed by atoms with Crippen molar-refractivity contribution in [2.24, 2.45) is 0 Å². The van der Waals surface area contributed by atoms with Gasteiger partial charge in [-0.15, -0.1) is 0 Å². The van der Waals surface area contributed by atoms with E-state index in [1.807, 2.05) is 13.0 Å². The van der Waals surface area contributed by atoms with Gasteiger partial charge in [0, 0.05) is 12.2 Å². The van der Waals surface area contributed by atoms with Crippen molar-refractivity contribution in [1.82, 2.24) is 4.90 Å². The number of anilines is 1. The van der Waals surface area contributed by atoms with Crippen LogP contribution in [-0.2, 0) is 4.74 Å². The van der Waals surface area contributed by atoms with E-state index < -0.39 is 0 Å². The SMILES string of the molecule is CCOc1ccccc1C(=O)Nc1ccc(C(=O)OCCN(CC)CC)cc1. The average molecular weight is 384 g/mol. The maximum absolute atomic E-state index is 12.5. The summed E-state index contributed by atoms with van der Waals surface area (Å²) in [6.45, 7) is 9.42. The van der Waals surface area contributed by atoms with E-state index in [0.717, 1.165) is 13.1 Å². The Kier molecular flexibility index (Phi) is 8.49. The molecule has 28 heavy (non-hydrogen) atoms. The number of benzene rings is 2. The summed E-state index contributed by atoms with van der Waals surface area (Å²) in [4.78, 5) is 26.8. The maximum atomic E-state index is 12.5. The molecule has 2 aromatic carbocycles. The first-order valence-corrected chi connectivity index (χ1v) is 9.61. The van der Waals surface area contributed by atoms with Crippen LogP contribution in [0.5, 0.6) is 5.75 Å². The van der Waals surface area contributed by atoms with Crippen molar-refractivity contribution >= 4 is 17.6 Å². The fraction of sp³-hybridized carbons (Fsp3) is 0.364. The summed E-state index contributed by atoms with van der Waals surface area (Å²) in [6.07, 6.45) is 0. The van der Waals surface area contributed by atoms with E-state index in [9.17, 15) is 9.59 Å². The van der Waals surface area contributed by atoms with Gasteiger partial charge in [0.2, 0.25) is 0 Å². The molecule has 2 rings (SSSR count). The smallest absolute Gasteiger partial charge is 0.338 e. The summed E-state index contributed by atoms with van der Waals surface area (Å²) in [5.74, 6) is -0.0961. The number of amides is 1. The zero-order chi connectivity index (χ0) is 20.4. The molecule has 2 aromatic rings. The van der Waals surface area contributed by atoms with Crippen LogP contribution < -0.4 is 10.1 Å². The number of esters is 1. The average Bonchev–Trinajstić information content (AvgIpc) is 2.72. The molecule has 0 radical (unpaired) electrons. The zero-order valence-corrected chi connectivity index (χ0v) is 16.7. The van der Waals surface area contributed by atoms with E-state index >= 15 is 0 Å². The number of rotatable bonds is 10. The number of ether oxygens (including phenoxy) is 2. The predicted molar refractivity (Wildman–Crippen MR) is 110 cm³/mol. The molecule has 0 heterocycles. The van der Waals surface area contributed by atoms with Crippen LogP contribution >= 0.6 is 0 Å². The molecule has 0 aromatic heterocycles. The van der Waals surface area contributed by atoms with Crippen molar-refractivity contribution in [2.45, 2.75) is 20.8 Å². The molecule has 0 aliphatic heterocycles. The molecule has 150 valence electrons. The Morgan fingerprint density at radius 3 is 2.29 bits per heavy atom. The number of carbonyl (C=O) groups is 2. The zero-order valence-electron chi connectivity index (χ0n) is 16.7. The van der Waals surface area contributed by atoms with Crippen LogP contribution in [0.1, 0.15) is 41.5 Å². The topological polar surface area (TPSA) is 67.9 Å². The normalized spacial score (nSPS) is 10.6. The first kappa shape index (κ1) is 21.4. The molecular formula is C22H28N2O4. The summed E-state index contributed by atoms with van der Waals surface area (Å²) < 4.78 is 10.8. The molecule has 6 heteroatoms. The van der Waals surface area contributed by atoms with Gasteiger partial charge in [-0.1, -0.05) is 26.0 Å². The molecule has 0 saturated carbocycles. The Labute approximate surface area is 166 Å². The predicted octanol–water partition coefficient (Wildman–Crippen LogP) is 3.84. The molecule has 0 spiro atoms. The molecular weight excluding hydrogens is 356 g/mol. The summed E-state index contributed by atoms with van der Waals surface area (Å²) in [6, 6.07) is 13.7. The van der Waals surface area contributed by atoms with E-state index in [1.54, 1.807) is 42.5 Å². The lowest BCUT2D eigenvalue weighted by Crippen LogP contribution is -2.27. The van der Waals surface area contributed by atoms with E-state index in [4.69, 9.17) is 9.47 Å². The molecule has 0 atom stereocenters. The molecule has 0 fully saturated rings. The van der Waals surface area contributed by atoms with Gasteiger partial charge in [-0.2, -0.15) is 0 Å². The molecule has 0 saturated heterocycles. The largest absolute Gasteiger partial charge is 0.493 e. The van der Waals surface area contributed by atoms with Gasteiger partial charge in [0.25, 0.3) is 5.91 Å². The van der Waals surface area contributed by atoms with Gasteiger partial charge < -0.3 is 19.7 Å². The lowest BCUT2D eigenvalue weighted by Gasteiger charge is -2.17. The highest BCUT2D eigenvalue weighted by Gasteiger charge is 2.13. The fourth-order valence-corrected chi connectivity index (χ4v) is 2.71. The Morgan fingerprint density at radius 2 is 1.64 bits per heavy atom. The summed E-state index contributed by atoms with van der Waals surface area (Å²) in [5.41, 5.74) is 1.51. The monoisotopic (exact) mass is 384 g/mol. The quantitative estimate of drug-likeness (QED) is 0.631. The second-order valence-electron chi connectivity index (χ2n) is 6.12. The van der Waals surface area contributed by atoms with E-state index in [0.29, 0.717) is 42.3 Å². The molecule has 0 aliphatic carbocycles. The van der Waals surface area contributed by atoms with Crippen molar-refractivity contribution in [2.75, 3.05) is 38.2 Å². The molecule has 1 N–H and O–H groups in total. The van der Waals surface area contributed by atoms with Crippen LogP contribution in [0.3, 0.4) is 0 Å². The third-order valence-corrected chi connectivity index (χ3v) is 4.35.